The first-order valence-corrected chi connectivity index (χ1v) is 11.8. The Labute approximate surface area is 198 Å². The van der Waals surface area contributed by atoms with Crippen LogP contribution in [0.25, 0.3) is 16.8 Å². The van der Waals surface area contributed by atoms with Crippen LogP contribution in [0.15, 0.2) is 60.1 Å². The molecule has 6 nitrogen and oxygen atoms in total. The lowest BCUT2D eigenvalue weighted by molar-refractivity contribution is 0.0498. The zero-order chi connectivity index (χ0) is 23.5. The zero-order valence-corrected chi connectivity index (χ0v) is 19.7. The number of allylic oxidation sites excluding steroid dienone is 1. The van der Waals surface area contributed by atoms with Crippen LogP contribution in [0.1, 0.15) is 48.0 Å². The number of ether oxygens (including phenoxy) is 2. The molecule has 33 heavy (non-hydrogen) atoms. The average molecular weight is 462 g/mol. The van der Waals surface area contributed by atoms with Gasteiger partial charge in [0.05, 0.1) is 25.0 Å². The Hall–Kier alpha value is -3.63. The fraction of sp³-hybridized carbons (Fsp3) is 0.269. The monoisotopic (exact) mass is 461 g/mol. The van der Waals surface area contributed by atoms with E-state index in [2.05, 4.69) is 23.3 Å². The van der Waals surface area contributed by atoms with Crippen LogP contribution >= 0.6 is 11.3 Å². The Morgan fingerprint density at radius 3 is 2.55 bits per heavy atom. The average Bonchev–Trinajstić information content (AvgIpc) is 3.35. The fourth-order valence-electron chi connectivity index (χ4n) is 3.07. The van der Waals surface area contributed by atoms with E-state index >= 15 is 0 Å². The first-order valence-electron chi connectivity index (χ1n) is 10.9. The van der Waals surface area contributed by atoms with Gasteiger partial charge in [0.2, 0.25) is 0 Å². The van der Waals surface area contributed by atoms with Gasteiger partial charge in [-0.25, -0.2) is 9.78 Å². The van der Waals surface area contributed by atoms with Gasteiger partial charge in [0.1, 0.15) is 22.4 Å². The number of hydrogen-bond acceptors (Lipinski definition) is 7. The van der Waals surface area contributed by atoms with Crippen molar-refractivity contribution in [2.24, 2.45) is 0 Å². The van der Waals surface area contributed by atoms with Crippen LogP contribution in [0.4, 0.5) is 5.69 Å². The van der Waals surface area contributed by atoms with Gasteiger partial charge in [0.15, 0.2) is 0 Å². The molecule has 0 unspecified atom stereocenters. The fourth-order valence-corrected chi connectivity index (χ4v) is 3.86. The largest absolute Gasteiger partial charge is 0.497 e. The van der Waals surface area contributed by atoms with Gasteiger partial charge in [-0.2, -0.15) is 5.26 Å². The molecule has 3 aromatic rings. The lowest BCUT2D eigenvalue weighted by Crippen LogP contribution is -2.06. The van der Waals surface area contributed by atoms with Gasteiger partial charge in [0, 0.05) is 22.8 Å². The number of unbranched alkanes of at least 4 members (excludes halogenated alkanes) is 3. The number of carbonyl (C=O) groups excluding carboxylic acids is 1. The highest BCUT2D eigenvalue weighted by atomic mass is 32.1. The number of methoxy groups -OCH3 is 1. The second-order valence-corrected chi connectivity index (χ2v) is 8.21. The van der Waals surface area contributed by atoms with E-state index in [1.165, 1.54) is 11.3 Å². The second-order valence-electron chi connectivity index (χ2n) is 7.35. The first-order chi connectivity index (χ1) is 16.1. The summed E-state index contributed by atoms with van der Waals surface area (Å²) < 4.78 is 10.5. The molecule has 0 bridgehead atoms. The summed E-state index contributed by atoms with van der Waals surface area (Å²) in [5.74, 6) is 0.461. The van der Waals surface area contributed by atoms with Crippen molar-refractivity contribution in [2.75, 3.05) is 19.0 Å². The van der Waals surface area contributed by atoms with E-state index in [1.807, 2.05) is 29.6 Å². The Morgan fingerprint density at radius 1 is 1.12 bits per heavy atom. The molecule has 1 N–H and O–H groups in total. The molecule has 0 atom stereocenters. The number of anilines is 1. The number of nitrogens with zero attached hydrogens (tertiary/aromatic N) is 2. The molecule has 2 aromatic carbocycles. The van der Waals surface area contributed by atoms with Crippen molar-refractivity contribution >= 4 is 28.6 Å². The maximum Gasteiger partial charge on any atom is 0.338 e. The van der Waals surface area contributed by atoms with Crippen LogP contribution in [0.3, 0.4) is 0 Å². The second kappa shape index (κ2) is 12.4. The van der Waals surface area contributed by atoms with Crippen molar-refractivity contribution in [2.45, 2.75) is 32.6 Å². The minimum atomic E-state index is -0.319. The van der Waals surface area contributed by atoms with Crippen molar-refractivity contribution in [3.63, 3.8) is 0 Å². The van der Waals surface area contributed by atoms with Crippen LogP contribution in [0.5, 0.6) is 5.75 Å². The molecule has 0 saturated heterocycles. The third-order valence-corrected chi connectivity index (χ3v) is 5.85. The van der Waals surface area contributed by atoms with Gasteiger partial charge >= 0.3 is 5.97 Å². The Bertz CT molecular complexity index is 1110. The number of rotatable bonds is 11. The lowest BCUT2D eigenvalue weighted by atomic mass is 10.2. The van der Waals surface area contributed by atoms with E-state index < -0.39 is 0 Å². The molecule has 0 spiro atoms. The van der Waals surface area contributed by atoms with E-state index in [0.717, 1.165) is 48.4 Å². The van der Waals surface area contributed by atoms with Crippen LogP contribution in [-0.4, -0.2) is 24.7 Å². The highest BCUT2D eigenvalue weighted by molar-refractivity contribution is 7.11. The number of nitrogens with one attached hydrogen (secondary N) is 1. The summed E-state index contributed by atoms with van der Waals surface area (Å²) in [5.41, 5.74) is 3.45. The number of thiazole rings is 1. The SMILES string of the molecule is CCCCCCOC(=O)c1ccc(NC=C(C#N)c2nc(-c3ccc(OC)cc3)cs2)cc1. The van der Waals surface area contributed by atoms with Crippen molar-refractivity contribution in [1.29, 1.82) is 5.26 Å². The predicted octanol–water partition coefficient (Wildman–Crippen LogP) is 6.53. The molecule has 7 heteroatoms. The highest BCUT2D eigenvalue weighted by Gasteiger charge is 2.10. The van der Waals surface area contributed by atoms with Crippen molar-refractivity contribution in [3.05, 3.63) is 70.7 Å². The minimum absolute atomic E-state index is 0.319. The number of benzene rings is 2. The molecular formula is C26H27N3O3S. The normalized spacial score (nSPS) is 11.0. The lowest BCUT2D eigenvalue weighted by Gasteiger charge is -2.06. The molecule has 0 fully saturated rings. The molecule has 0 aliphatic heterocycles. The third kappa shape index (κ3) is 6.93. The molecule has 3 rings (SSSR count). The smallest absolute Gasteiger partial charge is 0.338 e. The summed E-state index contributed by atoms with van der Waals surface area (Å²) in [7, 11) is 1.63. The minimum Gasteiger partial charge on any atom is -0.497 e. The number of hydrogen-bond donors (Lipinski definition) is 1. The first kappa shape index (κ1) is 24.0. The van der Waals surface area contributed by atoms with Gasteiger partial charge in [0.25, 0.3) is 0 Å². The highest BCUT2D eigenvalue weighted by Crippen LogP contribution is 2.27. The summed E-state index contributed by atoms with van der Waals surface area (Å²) in [6, 6.07) is 16.8. The van der Waals surface area contributed by atoms with E-state index in [0.29, 0.717) is 22.8 Å². The third-order valence-electron chi connectivity index (χ3n) is 4.98. The van der Waals surface area contributed by atoms with Crippen LogP contribution in [0, 0.1) is 11.3 Å². The van der Waals surface area contributed by atoms with Crippen molar-refractivity contribution in [1.82, 2.24) is 4.98 Å². The topological polar surface area (TPSA) is 84.2 Å². The van der Waals surface area contributed by atoms with Gasteiger partial charge in [-0.15, -0.1) is 11.3 Å². The molecule has 1 heterocycles. The number of aromatic nitrogens is 1. The van der Waals surface area contributed by atoms with Gasteiger partial charge in [-0.1, -0.05) is 26.2 Å². The van der Waals surface area contributed by atoms with E-state index in [-0.39, 0.29) is 5.97 Å². The number of nitriles is 1. The maximum absolute atomic E-state index is 12.1. The summed E-state index contributed by atoms with van der Waals surface area (Å²) in [5, 5.41) is 15.2. The van der Waals surface area contributed by atoms with Crippen LogP contribution in [-0.2, 0) is 4.74 Å². The maximum atomic E-state index is 12.1. The molecule has 0 saturated carbocycles. The van der Waals surface area contributed by atoms with Crippen LogP contribution in [0.2, 0.25) is 0 Å². The predicted molar refractivity (Wildman–Crippen MR) is 132 cm³/mol. The summed E-state index contributed by atoms with van der Waals surface area (Å²) in [4.78, 5) is 16.7. The number of carbonyl (C=O) groups is 1. The molecule has 0 amide bonds. The van der Waals surface area contributed by atoms with Gasteiger partial charge in [-0.3, -0.25) is 0 Å². The van der Waals surface area contributed by atoms with Gasteiger partial charge < -0.3 is 14.8 Å². The molecule has 1 aromatic heterocycles. The number of esters is 1. The van der Waals surface area contributed by atoms with E-state index in [1.54, 1.807) is 37.6 Å². The van der Waals surface area contributed by atoms with Crippen molar-refractivity contribution in [3.8, 4) is 23.1 Å². The Morgan fingerprint density at radius 2 is 1.88 bits per heavy atom. The molecular weight excluding hydrogens is 434 g/mol. The van der Waals surface area contributed by atoms with E-state index in [9.17, 15) is 10.1 Å². The zero-order valence-electron chi connectivity index (χ0n) is 18.8. The summed E-state index contributed by atoms with van der Waals surface area (Å²) in [6.45, 7) is 2.59. The Kier molecular flexibility index (Phi) is 9.04. The molecule has 0 aliphatic rings. The van der Waals surface area contributed by atoms with Crippen LogP contribution < -0.4 is 10.1 Å². The Balaban J connectivity index is 1.59. The van der Waals surface area contributed by atoms with Crippen molar-refractivity contribution < 1.29 is 14.3 Å². The van der Waals surface area contributed by atoms with E-state index in [4.69, 9.17) is 9.47 Å². The standard InChI is InChI=1S/C26H27N3O3S/c1-3-4-5-6-15-32-26(30)20-7-11-22(12-8-20)28-17-21(16-27)25-29-24(18-33-25)19-9-13-23(31-2)14-10-19/h7-14,17-18,28H,3-6,15H2,1-2H3. The van der Waals surface area contributed by atoms with Gasteiger partial charge in [-0.05, 0) is 55.0 Å². The summed E-state index contributed by atoms with van der Waals surface area (Å²) in [6.07, 6.45) is 5.88. The quantitative estimate of drug-likeness (QED) is 0.198. The molecule has 0 radical (unpaired) electrons. The molecule has 170 valence electrons. The molecule has 0 aliphatic carbocycles. The summed E-state index contributed by atoms with van der Waals surface area (Å²) >= 11 is 1.41.